The molecule has 0 fully saturated rings. The minimum Gasteiger partial charge on any atom is -0.384 e. The Morgan fingerprint density at radius 3 is 3.06 bits per heavy atom. The normalized spacial score (nSPS) is 12.3. The van der Waals surface area contributed by atoms with Crippen LogP contribution in [0.1, 0.15) is 12.5 Å². The van der Waals surface area contributed by atoms with Crippen LogP contribution in [0.3, 0.4) is 0 Å². The molecule has 0 radical (unpaired) electrons. The Hall–Kier alpha value is -1.62. The van der Waals surface area contributed by atoms with E-state index >= 15 is 0 Å². The fourth-order valence-electron chi connectivity index (χ4n) is 1.52. The van der Waals surface area contributed by atoms with Crippen molar-refractivity contribution in [1.29, 1.82) is 0 Å². The van der Waals surface area contributed by atoms with Gasteiger partial charge in [0.2, 0.25) is 0 Å². The van der Waals surface area contributed by atoms with Gasteiger partial charge in [0.1, 0.15) is 18.0 Å². The molecule has 0 aliphatic rings. The topological polar surface area (TPSA) is 63.8 Å². The summed E-state index contributed by atoms with van der Waals surface area (Å²) in [6, 6.07) is 4.20. The maximum Gasteiger partial charge on any atom is 0.131 e. The van der Waals surface area contributed by atoms with E-state index in [1.165, 1.54) is 11.9 Å². The number of nitrogen functional groups attached to an aromatic ring is 1. The monoisotopic (exact) mass is 234 g/mol. The van der Waals surface area contributed by atoms with Crippen molar-refractivity contribution in [2.75, 3.05) is 11.1 Å². The van der Waals surface area contributed by atoms with Crippen molar-refractivity contribution in [3.05, 3.63) is 34.8 Å². The number of aromatic nitrogens is 2. The lowest BCUT2D eigenvalue weighted by molar-refractivity contribution is 0.786. The molecule has 4 nitrogen and oxygen atoms in total. The van der Waals surface area contributed by atoms with Crippen LogP contribution >= 0.6 is 11.3 Å². The fourth-order valence-corrected chi connectivity index (χ4v) is 2.20. The minimum atomic E-state index is 0.323. The van der Waals surface area contributed by atoms with E-state index in [9.17, 15) is 0 Å². The van der Waals surface area contributed by atoms with E-state index in [-0.39, 0.29) is 0 Å². The molecule has 0 saturated heterocycles. The SMILES string of the molecule is CC(Cc1ccsc1)Nc1cc(N)ncn1. The molecular weight excluding hydrogens is 220 g/mol. The predicted octanol–water partition coefficient (Wildman–Crippen LogP) is 2.16. The van der Waals surface area contributed by atoms with Crippen LogP contribution in [0, 0.1) is 0 Å². The van der Waals surface area contributed by atoms with Crippen LogP contribution in [0.4, 0.5) is 11.6 Å². The Morgan fingerprint density at radius 1 is 1.50 bits per heavy atom. The molecule has 0 saturated carbocycles. The molecule has 0 bridgehead atoms. The summed E-state index contributed by atoms with van der Waals surface area (Å²) in [5.74, 6) is 1.26. The van der Waals surface area contributed by atoms with Crippen LogP contribution in [-0.2, 0) is 6.42 Å². The largest absolute Gasteiger partial charge is 0.384 e. The van der Waals surface area contributed by atoms with Crippen LogP contribution in [-0.4, -0.2) is 16.0 Å². The van der Waals surface area contributed by atoms with Gasteiger partial charge in [-0.05, 0) is 35.7 Å². The summed E-state index contributed by atoms with van der Waals surface area (Å²) in [5, 5.41) is 7.54. The van der Waals surface area contributed by atoms with Gasteiger partial charge in [-0.25, -0.2) is 9.97 Å². The first-order valence-electron chi connectivity index (χ1n) is 5.09. The Bertz CT molecular complexity index is 441. The highest BCUT2D eigenvalue weighted by Crippen LogP contribution is 2.12. The molecule has 0 aromatic carbocycles. The third-order valence-electron chi connectivity index (χ3n) is 2.20. The molecule has 5 heteroatoms. The highest BCUT2D eigenvalue weighted by molar-refractivity contribution is 7.07. The number of nitrogens with zero attached hydrogens (tertiary/aromatic N) is 2. The molecule has 16 heavy (non-hydrogen) atoms. The summed E-state index contributed by atoms with van der Waals surface area (Å²) < 4.78 is 0. The highest BCUT2D eigenvalue weighted by Gasteiger charge is 2.05. The summed E-state index contributed by atoms with van der Waals surface area (Å²) in [5.41, 5.74) is 6.92. The van der Waals surface area contributed by atoms with Crippen LogP contribution in [0.15, 0.2) is 29.2 Å². The van der Waals surface area contributed by atoms with Crippen molar-refractivity contribution >= 4 is 23.0 Å². The molecule has 2 aromatic heterocycles. The van der Waals surface area contributed by atoms with Gasteiger partial charge in [-0.2, -0.15) is 11.3 Å². The van der Waals surface area contributed by atoms with Gasteiger partial charge < -0.3 is 11.1 Å². The lowest BCUT2D eigenvalue weighted by Crippen LogP contribution is -2.18. The summed E-state index contributed by atoms with van der Waals surface area (Å²) in [7, 11) is 0. The van der Waals surface area contributed by atoms with Crippen molar-refractivity contribution in [2.45, 2.75) is 19.4 Å². The highest BCUT2D eigenvalue weighted by atomic mass is 32.1. The van der Waals surface area contributed by atoms with Crippen LogP contribution in [0.5, 0.6) is 0 Å². The van der Waals surface area contributed by atoms with E-state index in [0.717, 1.165) is 12.2 Å². The summed E-state index contributed by atoms with van der Waals surface area (Å²) >= 11 is 1.72. The van der Waals surface area contributed by atoms with Crippen molar-refractivity contribution in [3.8, 4) is 0 Å². The van der Waals surface area contributed by atoms with Crippen LogP contribution in [0.2, 0.25) is 0 Å². The van der Waals surface area contributed by atoms with Gasteiger partial charge in [0.25, 0.3) is 0 Å². The predicted molar refractivity (Wildman–Crippen MR) is 67.6 cm³/mol. The second-order valence-electron chi connectivity index (χ2n) is 3.71. The van der Waals surface area contributed by atoms with Crippen molar-refractivity contribution in [2.24, 2.45) is 0 Å². The van der Waals surface area contributed by atoms with Crippen molar-refractivity contribution in [3.63, 3.8) is 0 Å². The van der Waals surface area contributed by atoms with Gasteiger partial charge in [0.05, 0.1) is 0 Å². The molecule has 3 N–H and O–H groups in total. The van der Waals surface area contributed by atoms with E-state index in [4.69, 9.17) is 5.73 Å². The Balaban J connectivity index is 1.94. The molecule has 0 aliphatic carbocycles. The van der Waals surface area contributed by atoms with Gasteiger partial charge in [-0.15, -0.1) is 0 Å². The molecule has 2 rings (SSSR count). The molecule has 2 heterocycles. The molecule has 0 amide bonds. The molecular formula is C11H14N4S. The van der Waals surface area contributed by atoms with Crippen LogP contribution < -0.4 is 11.1 Å². The number of rotatable bonds is 4. The van der Waals surface area contributed by atoms with Gasteiger partial charge in [0, 0.05) is 12.1 Å². The van der Waals surface area contributed by atoms with E-state index < -0.39 is 0 Å². The van der Waals surface area contributed by atoms with Gasteiger partial charge in [-0.3, -0.25) is 0 Å². The Kier molecular flexibility index (Phi) is 3.36. The fraction of sp³-hybridized carbons (Fsp3) is 0.273. The summed E-state index contributed by atoms with van der Waals surface area (Å²) in [6.45, 7) is 2.12. The number of nitrogens with two attached hydrogens (primary N) is 1. The number of thiophene rings is 1. The average Bonchev–Trinajstić information content (AvgIpc) is 2.70. The molecule has 0 spiro atoms. The molecule has 1 unspecified atom stereocenters. The first-order chi connectivity index (χ1) is 7.74. The van der Waals surface area contributed by atoms with Crippen LogP contribution in [0.25, 0.3) is 0 Å². The van der Waals surface area contributed by atoms with E-state index in [1.54, 1.807) is 17.4 Å². The number of nitrogens with one attached hydrogen (secondary N) is 1. The number of anilines is 2. The molecule has 84 valence electrons. The minimum absolute atomic E-state index is 0.323. The molecule has 2 aromatic rings. The standard InChI is InChI=1S/C11H14N4S/c1-8(4-9-2-3-16-6-9)15-11-5-10(12)13-7-14-11/h2-3,5-8H,4H2,1H3,(H3,12,13,14,15). The summed E-state index contributed by atoms with van der Waals surface area (Å²) in [6.07, 6.45) is 2.45. The van der Waals surface area contributed by atoms with E-state index in [1.807, 2.05) is 0 Å². The quantitative estimate of drug-likeness (QED) is 0.851. The molecule has 1 atom stereocenters. The first-order valence-corrected chi connectivity index (χ1v) is 6.03. The van der Waals surface area contributed by atoms with Gasteiger partial charge in [0.15, 0.2) is 0 Å². The maximum absolute atomic E-state index is 5.58. The first kappa shape index (κ1) is 10.9. The lowest BCUT2D eigenvalue weighted by atomic mass is 10.1. The number of hydrogen-bond acceptors (Lipinski definition) is 5. The zero-order chi connectivity index (χ0) is 11.4. The van der Waals surface area contributed by atoms with E-state index in [0.29, 0.717) is 11.9 Å². The van der Waals surface area contributed by atoms with E-state index in [2.05, 4.69) is 39.0 Å². The van der Waals surface area contributed by atoms with Gasteiger partial charge in [-0.1, -0.05) is 0 Å². The van der Waals surface area contributed by atoms with Crippen molar-refractivity contribution < 1.29 is 0 Å². The maximum atomic E-state index is 5.58. The zero-order valence-electron chi connectivity index (χ0n) is 9.05. The lowest BCUT2D eigenvalue weighted by Gasteiger charge is -2.13. The second-order valence-corrected chi connectivity index (χ2v) is 4.49. The average molecular weight is 234 g/mol. The van der Waals surface area contributed by atoms with Gasteiger partial charge >= 0.3 is 0 Å². The van der Waals surface area contributed by atoms with Crippen molar-refractivity contribution in [1.82, 2.24) is 9.97 Å². The molecule has 0 aliphatic heterocycles. The third-order valence-corrected chi connectivity index (χ3v) is 2.94. The third kappa shape index (κ3) is 2.93. The second kappa shape index (κ2) is 4.94. The number of hydrogen-bond donors (Lipinski definition) is 2. The Morgan fingerprint density at radius 2 is 2.38 bits per heavy atom. The Labute approximate surface area is 98.6 Å². The smallest absolute Gasteiger partial charge is 0.131 e. The zero-order valence-corrected chi connectivity index (χ0v) is 9.87. The summed E-state index contributed by atoms with van der Waals surface area (Å²) in [4.78, 5) is 7.96.